The fourth-order valence-corrected chi connectivity index (χ4v) is 2.73. The Morgan fingerprint density at radius 1 is 1.14 bits per heavy atom. The van der Waals surface area contributed by atoms with Crippen LogP contribution in [0.5, 0.6) is 11.5 Å². The number of fused-ring (bicyclic) bond motifs is 1. The summed E-state index contributed by atoms with van der Waals surface area (Å²) in [6.45, 7) is 0.661. The van der Waals surface area contributed by atoms with E-state index in [-0.39, 0.29) is 18.3 Å². The molecule has 1 aliphatic heterocycles. The lowest BCUT2D eigenvalue weighted by atomic mass is 10.1. The first-order valence-corrected chi connectivity index (χ1v) is 6.92. The summed E-state index contributed by atoms with van der Waals surface area (Å²) >= 11 is 0. The molecule has 4 nitrogen and oxygen atoms in total. The van der Waals surface area contributed by atoms with Gasteiger partial charge in [-0.25, -0.2) is 4.39 Å². The zero-order valence-electron chi connectivity index (χ0n) is 12.4. The summed E-state index contributed by atoms with van der Waals surface area (Å²) in [6.07, 6.45) is 0. The molecule has 3 rings (SSSR count). The minimum absolute atomic E-state index is 0.172. The van der Waals surface area contributed by atoms with Crippen LogP contribution in [-0.2, 0) is 13.1 Å². The van der Waals surface area contributed by atoms with Crippen molar-refractivity contribution in [1.29, 1.82) is 0 Å². The van der Waals surface area contributed by atoms with Gasteiger partial charge in [-0.15, -0.1) is 0 Å². The Kier molecular flexibility index (Phi) is 3.71. The van der Waals surface area contributed by atoms with Crippen LogP contribution in [0, 0.1) is 5.82 Å². The number of rotatable bonds is 4. The van der Waals surface area contributed by atoms with Crippen molar-refractivity contribution in [2.45, 2.75) is 13.1 Å². The number of methoxy groups -OCH3 is 2. The van der Waals surface area contributed by atoms with Gasteiger partial charge in [-0.1, -0.05) is 24.3 Å². The zero-order chi connectivity index (χ0) is 15.7. The van der Waals surface area contributed by atoms with Crippen LogP contribution >= 0.6 is 0 Å². The molecule has 22 heavy (non-hydrogen) atoms. The monoisotopic (exact) mass is 301 g/mol. The van der Waals surface area contributed by atoms with Crippen molar-refractivity contribution in [2.24, 2.45) is 0 Å². The Morgan fingerprint density at radius 3 is 2.59 bits per heavy atom. The number of halogens is 1. The molecule has 2 aromatic carbocycles. The Balaban J connectivity index is 1.93. The highest BCUT2D eigenvalue weighted by molar-refractivity contribution is 6.01. The first-order chi connectivity index (χ1) is 10.7. The van der Waals surface area contributed by atoms with Crippen molar-refractivity contribution in [3.8, 4) is 11.5 Å². The minimum Gasteiger partial charge on any atom is -0.493 e. The highest BCUT2D eigenvalue weighted by Crippen LogP contribution is 2.38. The van der Waals surface area contributed by atoms with Gasteiger partial charge in [0.25, 0.3) is 5.91 Å². The topological polar surface area (TPSA) is 38.8 Å². The van der Waals surface area contributed by atoms with Crippen LogP contribution in [0.25, 0.3) is 0 Å². The highest BCUT2D eigenvalue weighted by Gasteiger charge is 2.32. The molecule has 0 aliphatic carbocycles. The van der Waals surface area contributed by atoms with E-state index in [4.69, 9.17) is 9.47 Å². The quantitative estimate of drug-likeness (QED) is 0.871. The molecule has 1 heterocycles. The van der Waals surface area contributed by atoms with Gasteiger partial charge in [0.1, 0.15) is 5.82 Å². The van der Waals surface area contributed by atoms with Gasteiger partial charge in [-0.3, -0.25) is 4.79 Å². The summed E-state index contributed by atoms with van der Waals surface area (Å²) in [4.78, 5) is 14.2. The van der Waals surface area contributed by atoms with Crippen molar-refractivity contribution in [2.75, 3.05) is 14.2 Å². The minimum atomic E-state index is -0.309. The molecular formula is C17H16FNO3. The van der Waals surface area contributed by atoms with Crippen molar-refractivity contribution in [3.63, 3.8) is 0 Å². The summed E-state index contributed by atoms with van der Waals surface area (Å²) in [5, 5.41) is 0. The van der Waals surface area contributed by atoms with E-state index >= 15 is 0 Å². The molecule has 5 heteroatoms. The molecule has 1 aliphatic rings. The fraction of sp³-hybridized carbons (Fsp3) is 0.235. The second-order valence-electron chi connectivity index (χ2n) is 5.09. The molecule has 2 aromatic rings. The molecule has 0 radical (unpaired) electrons. The van der Waals surface area contributed by atoms with E-state index in [1.54, 1.807) is 29.2 Å². The number of hydrogen-bond donors (Lipinski definition) is 0. The van der Waals surface area contributed by atoms with E-state index < -0.39 is 0 Å². The molecule has 0 spiro atoms. The standard InChI is InChI=1S/C17H16FNO3/c1-21-14-8-7-12-10-19(17(20)15(12)16(14)22-2)9-11-5-3-4-6-13(11)18/h3-8H,9-10H2,1-2H3. The predicted octanol–water partition coefficient (Wildman–Crippen LogP) is 3.00. The summed E-state index contributed by atoms with van der Waals surface area (Å²) in [5.41, 5.74) is 1.85. The van der Waals surface area contributed by atoms with Crippen LogP contribution in [0.2, 0.25) is 0 Å². The summed E-state index contributed by atoms with van der Waals surface area (Å²) in [6, 6.07) is 10.1. The average Bonchev–Trinajstić information content (AvgIpc) is 2.85. The Morgan fingerprint density at radius 2 is 1.91 bits per heavy atom. The number of amides is 1. The molecule has 114 valence electrons. The number of benzene rings is 2. The smallest absolute Gasteiger partial charge is 0.258 e. The van der Waals surface area contributed by atoms with Crippen molar-refractivity contribution in [3.05, 3.63) is 58.9 Å². The third kappa shape index (κ3) is 2.28. The fourth-order valence-electron chi connectivity index (χ4n) is 2.73. The molecule has 0 bridgehead atoms. The van der Waals surface area contributed by atoms with Crippen LogP contribution in [0.1, 0.15) is 21.5 Å². The van der Waals surface area contributed by atoms with E-state index in [0.29, 0.717) is 29.2 Å². The van der Waals surface area contributed by atoms with E-state index in [1.165, 1.54) is 20.3 Å². The summed E-state index contributed by atoms with van der Waals surface area (Å²) < 4.78 is 24.3. The SMILES string of the molecule is COc1ccc2c(c1OC)C(=O)N(Cc1ccccc1F)C2. The number of nitrogens with zero attached hydrogens (tertiary/aromatic N) is 1. The number of carbonyl (C=O) groups is 1. The van der Waals surface area contributed by atoms with E-state index in [0.717, 1.165) is 5.56 Å². The maximum atomic E-state index is 13.8. The molecule has 0 aromatic heterocycles. The van der Waals surface area contributed by atoms with Gasteiger partial charge in [0.2, 0.25) is 0 Å². The number of carbonyl (C=O) groups excluding carboxylic acids is 1. The molecule has 0 saturated carbocycles. The Bertz CT molecular complexity index is 730. The molecule has 0 fully saturated rings. The van der Waals surface area contributed by atoms with Crippen LogP contribution in [-0.4, -0.2) is 25.0 Å². The van der Waals surface area contributed by atoms with Crippen LogP contribution in [0.3, 0.4) is 0 Å². The van der Waals surface area contributed by atoms with Gasteiger partial charge in [0, 0.05) is 18.7 Å². The predicted molar refractivity (Wildman–Crippen MR) is 79.5 cm³/mol. The molecule has 0 unspecified atom stereocenters. The highest BCUT2D eigenvalue weighted by atomic mass is 19.1. The van der Waals surface area contributed by atoms with Gasteiger partial charge in [-0.2, -0.15) is 0 Å². The van der Waals surface area contributed by atoms with Crippen molar-refractivity contribution in [1.82, 2.24) is 4.90 Å². The van der Waals surface area contributed by atoms with Gasteiger partial charge < -0.3 is 14.4 Å². The summed E-state index contributed by atoms with van der Waals surface area (Å²) in [7, 11) is 3.03. The zero-order valence-corrected chi connectivity index (χ0v) is 12.4. The molecular weight excluding hydrogens is 285 g/mol. The van der Waals surface area contributed by atoms with Crippen molar-refractivity contribution >= 4 is 5.91 Å². The number of ether oxygens (including phenoxy) is 2. The van der Waals surface area contributed by atoms with Gasteiger partial charge in [-0.05, 0) is 17.7 Å². The van der Waals surface area contributed by atoms with Gasteiger partial charge in [0.05, 0.1) is 19.8 Å². The second kappa shape index (κ2) is 5.67. The van der Waals surface area contributed by atoms with E-state index in [9.17, 15) is 9.18 Å². The lowest BCUT2D eigenvalue weighted by Gasteiger charge is -2.16. The van der Waals surface area contributed by atoms with Crippen molar-refractivity contribution < 1.29 is 18.7 Å². The van der Waals surface area contributed by atoms with Crippen LogP contribution < -0.4 is 9.47 Å². The first-order valence-electron chi connectivity index (χ1n) is 6.92. The molecule has 0 atom stereocenters. The molecule has 0 N–H and O–H groups in total. The van der Waals surface area contributed by atoms with E-state index in [1.807, 2.05) is 6.07 Å². The van der Waals surface area contributed by atoms with Gasteiger partial charge in [0.15, 0.2) is 11.5 Å². The molecule has 1 amide bonds. The third-order valence-corrected chi connectivity index (χ3v) is 3.81. The Labute approximate surface area is 128 Å². The average molecular weight is 301 g/mol. The second-order valence-corrected chi connectivity index (χ2v) is 5.09. The first kappa shape index (κ1) is 14.4. The van der Waals surface area contributed by atoms with Gasteiger partial charge >= 0.3 is 0 Å². The lowest BCUT2D eigenvalue weighted by Crippen LogP contribution is -2.24. The normalized spacial score (nSPS) is 13.2. The maximum absolute atomic E-state index is 13.8. The lowest BCUT2D eigenvalue weighted by molar-refractivity contribution is 0.0762. The van der Waals surface area contributed by atoms with E-state index in [2.05, 4.69) is 0 Å². The Hall–Kier alpha value is -2.56. The largest absolute Gasteiger partial charge is 0.493 e. The van der Waals surface area contributed by atoms with Crippen LogP contribution in [0.15, 0.2) is 36.4 Å². The maximum Gasteiger partial charge on any atom is 0.258 e. The molecule has 0 saturated heterocycles. The summed E-state index contributed by atoms with van der Waals surface area (Å²) in [5.74, 6) is 0.466. The van der Waals surface area contributed by atoms with Crippen LogP contribution in [0.4, 0.5) is 4.39 Å². The number of hydrogen-bond acceptors (Lipinski definition) is 3. The third-order valence-electron chi connectivity index (χ3n) is 3.81.